The predicted molar refractivity (Wildman–Crippen MR) is 229 cm³/mol. The van der Waals surface area contributed by atoms with Gasteiger partial charge in [-0.15, -0.1) is 11.3 Å². The summed E-state index contributed by atoms with van der Waals surface area (Å²) in [5.41, 5.74) is 13.2. The first kappa shape index (κ1) is 31.3. The molecule has 0 saturated heterocycles. The quantitative estimate of drug-likeness (QED) is 0.178. The van der Waals surface area contributed by atoms with E-state index in [4.69, 9.17) is 4.98 Å². The molecule has 256 valence electrons. The molecule has 0 unspecified atom stereocenters. The zero-order valence-corrected chi connectivity index (χ0v) is 30.3. The Hall–Kier alpha value is -7.26. The maximum absolute atomic E-state index is 11.0. The molecule has 0 atom stereocenters. The van der Waals surface area contributed by atoms with Gasteiger partial charge in [-0.3, -0.25) is 0 Å². The van der Waals surface area contributed by atoms with Crippen LogP contribution in [0.25, 0.3) is 98.0 Å². The zero-order chi connectivity index (χ0) is 36.5. The highest BCUT2D eigenvalue weighted by atomic mass is 32.1. The first-order valence-corrected chi connectivity index (χ1v) is 19.2. The highest BCUT2D eigenvalue weighted by molar-refractivity contribution is 7.21. The van der Waals surface area contributed by atoms with Gasteiger partial charge in [-0.05, 0) is 82.9 Å². The van der Waals surface area contributed by atoms with E-state index in [0.717, 1.165) is 70.6 Å². The molecule has 11 aromatic rings. The summed E-state index contributed by atoms with van der Waals surface area (Å²) in [6.45, 7) is 0. The van der Waals surface area contributed by atoms with E-state index in [0.29, 0.717) is 5.56 Å². The van der Waals surface area contributed by atoms with Crippen molar-refractivity contribution in [1.82, 2.24) is 14.1 Å². The van der Waals surface area contributed by atoms with Crippen molar-refractivity contribution in [1.29, 1.82) is 5.26 Å². The van der Waals surface area contributed by atoms with Crippen molar-refractivity contribution in [2.24, 2.45) is 0 Å². The maximum atomic E-state index is 11.0. The van der Waals surface area contributed by atoms with Gasteiger partial charge in [-0.2, -0.15) is 5.26 Å². The lowest BCUT2D eigenvalue weighted by Crippen LogP contribution is -2.04. The summed E-state index contributed by atoms with van der Waals surface area (Å²) in [4.78, 5) is 5.16. The minimum atomic E-state index is 0.583. The van der Waals surface area contributed by atoms with Gasteiger partial charge >= 0.3 is 0 Å². The summed E-state index contributed by atoms with van der Waals surface area (Å²) in [5.74, 6) is 0. The van der Waals surface area contributed by atoms with Crippen LogP contribution in [0.2, 0.25) is 0 Å². The Morgan fingerprint density at radius 2 is 0.945 bits per heavy atom. The van der Waals surface area contributed by atoms with Crippen molar-refractivity contribution in [2.45, 2.75) is 0 Å². The third-order valence-electron chi connectivity index (χ3n) is 10.8. The molecule has 0 saturated carbocycles. The number of fused-ring (bicyclic) bond motifs is 7. The van der Waals surface area contributed by atoms with Gasteiger partial charge in [0.1, 0.15) is 11.1 Å². The molecule has 3 aromatic heterocycles. The molecule has 3 heterocycles. The average molecular weight is 719 g/mol. The number of hydrogen-bond acceptors (Lipinski definition) is 3. The van der Waals surface area contributed by atoms with Gasteiger partial charge in [0.15, 0.2) is 0 Å². The highest BCUT2D eigenvalue weighted by Crippen LogP contribution is 2.43. The molecule has 0 amide bonds. The van der Waals surface area contributed by atoms with Gasteiger partial charge in [-0.25, -0.2) is 4.98 Å². The van der Waals surface area contributed by atoms with E-state index in [2.05, 4.69) is 185 Å². The third-order valence-corrected chi connectivity index (χ3v) is 11.9. The molecule has 0 bridgehead atoms. The standard InChI is InChI=1S/C50H30N4S/c51-31-36-29-41(50-52-42-19-9-12-22-49(42)55-50)48(54-44-21-11-8-18-38(44)40-28-35(24-26-46(40)54)33-15-5-2-6-16-33)30-47(36)53-43-20-10-7-17-37(43)39-27-34(23-25-45(39)53)32-13-3-1-4-14-32/h1-30H. The Kier molecular flexibility index (Phi) is 7.06. The Bertz CT molecular complexity index is 3290. The Morgan fingerprint density at radius 3 is 1.53 bits per heavy atom. The number of para-hydroxylation sites is 3. The van der Waals surface area contributed by atoms with Crippen LogP contribution in [-0.4, -0.2) is 14.1 Å². The van der Waals surface area contributed by atoms with Gasteiger partial charge in [-0.1, -0.05) is 121 Å². The molecule has 0 N–H and O–H groups in total. The van der Waals surface area contributed by atoms with Crippen molar-refractivity contribution >= 4 is 65.2 Å². The molecule has 55 heavy (non-hydrogen) atoms. The Labute approximate surface area is 321 Å². The summed E-state index contributed by atoms with van der Waals surface area (Å²) in [7, 11) is 0. The van der Waals surface area contributed by atoms with Gasteiger partial charge in [0.05, 0.1) is 49.2 Å². The molecular formula is C50H30N4S. The fourth-order valence-corrected chi connectivity index (χ4v) is 9.27. The van der Waals surface area contributed by atoms with Crippen molar-refractivity contribution in [3.8, 4) is 50.3 Å². The van der Waals surface area contributed by atoms with E-state index >= 15 is 0 Å². The van der Waals surface area contributed by atoms with Gasteiger partial charge in [0.2, 0.25) is 0 Å². The van der Waals surface area contributed by atoms with Crippen molar-refractivity contribution < 1.29 is 0 Å². The lowest BCUT2D eigenvalue weighted by Gasteiger charge is -2.18. The smallest absolute Gasteiger partial charge is 0.126 e. The highest BCUT2D eigenvalue weighted by Gasteiger charge is 2.23. The molecule has 0 fully saturated rings. The topological polar surface area (TPSA) is 46.5 Å². The van der Waals surface area contributed by atoms with Crippen LogP contribution in [0.15, 0.2) is 182 Å². The Balaban J connectivity index is 1.24. The van der Waals surface area contributed by atoms with Crippen LogP contribution in [0.3, 0.4) is 0 Å². The molecule has 0 aliphatic rings. The summed E-state index contributed by atoms with van der Waals surface area (Å²) in [6.07, 6.45) is 0. The third kappa shape index (κ3) is 4.93. The van der Waals surface area contributed by atoms with E-state index in [-0.39, 0.29) is 0 Å². The molecule has 8 aromatic carbocycles. The van der Waals surface area contributed by atoms with E-state index in [1.807, 2.05) is 12.1 Å². The van der Waals surface area contributed by atoms with Crippen LogP contribution in [0.4, 0.5) is 0 Å². The first-order valence-electron chi connectivity index (χ1n) is 18.4. The molecule has 0 aliphatic carbocycles. The van der Waals surface area contributed by atoms with E-state index in [9.17, 15) is 5.26 Å². The molecule has 0 spiro atoms. The first-order chi connectivity index (χ1) is 27.2. The van der Waals surface area contributed by atoms with Crippen molar-refractivity contribution in [3.05, 3.63) is 188 Å². The number of hydrogen-bond donors (Lipinski definition) is 0. The number of thiazole rings is 1. The lowest BCUT2D eigenvalue weighted by molar-refractivity contribution is 1.13. The minimum absolute atomic E-state index is 0.583. The second kappa shape index (κ2) is 12.4. The summed E-state index contributed by atoms with van der Waals surface area (Å²) < 4.78 is 5.75. The lowest BCUT2D eigenvalue weighted by atomic mass is 10.0. The van der Waals surface area contributed by atoms with Gasteiger partial charge in [0.25, 0.3) is 0 Å². The SMILES string of the molecule is N#Cc1cc(-c2nc3ccccc3s2)c(-n2c3ccccc3c3cc(-c4ccccc4)ccc32)cc1-n1c2ccccc2c2cc(-c3ccccc3)ccc21. The second-order valence-corrected chi connectivity index (χ2v) is 14.9. The van der Waals surface area contributed by atoms with Crippen LogP contribution in [0, 0.1) is 11.3 Å². The maximum Gasteiger partial charge on any atom is 0.126 e. The van der Waals surface area contributed by atoms with Crippen molar-refractivity contribution in [2.75, 3.05) is 0 Å². The molecule has 4 nitrogen and oxygen atoms in total. The van der Waals surface area contributed by atoms with E-state index < -0.39 is 0 Å². The van der Waals surface area contributed by atoms with Crippen LogP contribution in [0.1, 0.15) is 5.56 Å². The Morgan fingerprint density at radius 1 is 0.436 bits per heavy atom. The minimum Gasteiger partial charge on any atom is -0.308 e. The molecule has 0 radical (unpaired) electrons. The molecule has 11 rings (SSSR count). The summed E-state index contributed by atoms with van der Waals surface area (Å²) in [5, 5.41) is 16.5. The fraction of sp³-hybridized carbons (Fsp3) is 0. The van der Waals surface area contributed by atoms with Gasteiger partial charge < -0.3 is 9.13 Å². The summed E-state index contributed by atoms with van der Waals surface area (Å²) >= 11 is 1.66. The number of aromatic nitrogens is 3. The van der Waals surface area contributed by atoms with E-state index in [1.54, 1.807) is 11.3 Å². The summed E-state index contributed by atoms with van der Waals surface area (Å²) in [6, 6.07) is 66.8. The number of rotatable bonds is 5. The van der Waals surface area contributed by atoms with Crippen LogP contribution in [-0.2, 0) is 0 Å². The molecule has 5 heteroatoms. The molecular weight excluding hydrogens is 689 g/mol. The van der Waals surface area contributed by atoms with Crippen LogP contribution >= 0.6 is 11.3 Å². The predicted octanol–water partition coefficient (Wildman–Crippen LogP) is 13.4. The molecule has 0 aliphatic heterocycles. The normalized spacial score (nSPS) is 11.6. The monoisotopic (exact) mass is 718 g/mol. The van der Waals surface area contributed by atoms with Crippen LogP contribution in [0.5, 0.6) is 0 Å². The zero-order valence-electron chi connectivity index (χ0n) is 29.5. The number of benzene rings is 8. The van der Waals surface area contributed by atoms with Crippen LogP contribution < -0.4 is 0 Å². The van der Waals surface area contributed by atoms with Gasteiger partial charge in [0, 0.05) is 27.1 Å². The average Bonchev–Trinajstić information content (AvgIpc) is 3.94. The fourth-order valence-electron chi connectivity index (χ4n) is 8.28. The number of nitriles is 1. The second-order valence-electron chi connectivity index (χ2n) is 13.9. The van der Waals surface area contributed by atoms with E-state index in [1.165, 1.54) is 27.5 Å². The van der Waals surface area contributed by atoms with Crippen molar-refractivity contribution in [3.63, 3.8) is 0 Å². The number of nitrogens with zero attached hydrogens (tertiary/aromatic N) is 4. The largest absolute Gasteiger partial charge is 0.308 e.